The van der Waals surface area contributed by atoms with Crippen molar-refractivity contribution in [3.8, 4) is 17.1 Å². The van der Waals surface area contributed by atoms with E-state index in [4.69, 9.17) is 11.6 Å². The van der Waals surface area contributed by atoms with Gasteiger partial charge in [0.2, 0.25) is 5.91 Å². The average Bonchev–Trinajstić information content (AvgIpc) is 3.20. The summed E-state index contributed by atoms with van der Waals surface area (Å²) in [4.78, 5) is 12.6. The van der Waals surface area contributed by atoms with Gasteiger partial charge < -0.3 is 5.32 Å². The summed E-state index contributed by atoms with van der Waals surface area (Å²) in [5.41, 5.74) is 6.07. The number of anilines is 1. The Labute approximate surface area is 196 Å². The van der Waals surface area contributed by atoms with E-state index in [0.29, 0.717) is 16.0 Å². The van der Waals surface area contributed by atoms with E-state index in [1.54, 1.807) is 0 Å². The van der Waals surface area contributed by atoms with Crippen LogP contribution in [0.4, 0.5) is 5.69 Å². The quantitative estimate of drug-likeness (QED) is 0.344. The number of para-hydroxylation sites is 1. The largest absolute Gasteiger partial charge is 0.325 e. The summed E-state index contributed by atoms with van der Waals surface area (Å²) < 4.78 is 1.99. The molecule has 0 atom stereocenters. The highest BCUT2D eigenvalue weighted by Gasteiger charge is 2.18. The van der Waals surface area contributed by atoms with Crippen molar-refractivity contribution in [2.45, 2.75) is 25.9 Å². The van der Waals surface area contributed by atoms with Crippen molar-refractivity contribution >= 4 is 35.0 Å². The summed E-state index contributed by atoms with van der Waals surface area (Å²) in [6.45, 7) is 6.13. The average molecular weight is 463 g/mol. The van der Waals surface area contributed by atoms with Crippen molar-refractivity contribution in [2.75, 3.05) is 11.1 Å². The van der Waals surface area contributed by atoms with Crippen LogP contribution >= 0.6 is 23.4 Å². The smallest absolute Gasteiger partial charge is 0.234 e. The Kier molecular flexibility index (Phi) is 6.63. The Balaban J connectivity index is 1.64. The van der Waals surface area contributed by atoms with E-state index in [-0.39, 0.29) is 11.7 Å². The third-order valence-corrected chi connectivity index (χ3v) is 6.42. The number of thioether (sulfide) groups is 1. The normalized spacial score (nSPS) is 10.9. The first-order chi connectivity index (χ1) is 15.4. The first kappa shape index (κ1) is 22.1. The molecule has 0 aliphatic rings. The van der Waals surface area contributed by atoms with Gasteiger partial charge in [0.15, 0.2) is 11.0 Å². The Morgan fingerprint density at radius 1 is 0.938 bits per heavy atom. The number of amides is 1. The molecule has 0 fully saturated rings. The van der Waals surface area contributed by atoms with Gasteiger partial charge in [-0.3, -0.25) is 9.36 Å². The standard InChI is InChI=1S/C25H23ClN4OS/c1-16-8-13-21(14-18(16)3)30-24(19-9-11-20(26)12-10-19)28-29-25(30)32-15-23(31)27-22-7-5-4-6-17(22)2/h4-14H,15H2,1-3H3,(H,27,31). The third kappa shape index (κ3) is 4.87. The van der Waals surface area contributed by atoms with Gasteiger partial charge in [-0.05, 0) is 79.9 Å². The van der Waals surface area contributed by atoms with Crippen molar-refractivity contribution < 1.29 is 4.79 Å². The number of hydrogen-bond donors (Lipinski definition) is 1. The molecule has 0 aliphatic heterocycles. The number of benzene rings is 3. The van der Waals surface area contributed by atoms with Crippen LogP contribution in [0.15, 0.2) is 71.9 Å². The second-order valence-corrected chi connectivity index (χ2v) is 8.95. The SMILES string of the molecule is Cc1ccc(-n2c(SCC(=O)Nc3ccccc3C)nnc2-c2ccc(Cl)cc2)cc1C. The van der Waals surface area contributed by atoms with Gasteiger partial charge in [-0.1, -0.05) is 47.6 Å². The summed E-state index contributed by atoms with van der Waals surface area (Å²) in [5.74, 6) is 0.830. The van der Waals surface area contributed by atoms with Crippen LogP contribution in [-0.2, 0) is 4.79 Å². The maximum Gasteiger partial charge on any atom is 0.234 e. The molecule has 0 saturated carbocycles. The Bertz CT molecular complexity index is 1270. The minimum absolute atomic E-state index is 0.0908. The molecule has 1 N–H and O–H groups in total. The number of nitrogens with one attached hydrogen (secondary N) is 1. The molecular weight excluding hydrogens is 440 g/mol. The van der Waals surface area contributed by atoms with E-state index in [1.807, 2.05) is 66.1 Å². The van der Waals surface area contributed by atoms with Gasteiger partial charge in [0.05, 0.1) is 11.4 Å². The van der Waals surface area contributed by atoms with Crippen molar-refractivity contribution in [3.63, 3.8) is 0 Å². The van der Waals surface area contributed by atoms with Gasteiger partial charge in [0.25, 0.3) is 0 Å². The molecule has 7 heteroatoms. The zero-order valence-electron chi connectivity index (χ0n) is 18.1. The lowest BCUT2D eigenvalue weighted by molar-refractivity contribution is -0.113. The number of aryl methyl sites for hydroxylation is 3. The van der Waals surface area contributed by atoms with Gasteiger partial charge in [0.1, 0.15) is 0 Å². The fourth-order valence-corrected chi connectivity index (χ4v) is 4.15. The van der Waals surface area contributed by atoms with Crippen LogP contribution in [0.2, 0.25) is 5.02 Å². The van der Waals surface area contributed by atoms with E-state index in [0.717, 1.165) is 22.5 Å². The number of aromatic nitrogens is 3. The fraction of sp³-hybridized carbons (Fsp3) is 0.160. The zero-order chi connectivity index (χ0) is 22.7. The van der Waals surface area contributed by atoms with Gasteiger partial charge in [-0.2, -0.15) is 0 Å². The first-order valence-corrected chi connectivity index (χ1v) is 11.6. The predicted molar refractivity (Wildman–Crippen MR) is 132 cm³/mol. The molecule has 4 aromatic rings. The molecule has 1 aromatic heterocycles. The molecule has 0 radical (unpaired) electrons. The number of rotatable bonds is 6. The first-order valence-electron chi connectivity index (χ1n) is 10.2. The lowest BCUT2D eigenvalue weighted by atomic mass is 10.1. The molecule has 1 amide bonds. The number of halogens is 1. The van der Waals surface area contributed by atoms with Crippen LogP contribution in [-0.4, -0.2) is 26.4 Å². The van der Waals surface area contributed by atoms with E-state index in [1.165, 1.54) is 22.9 Å². The van der Waals surface area contributed by atoms with Crippen LogP contribution in [0.25, 0.3) is 17.1 Å². The van der Waals surface area contributed by atoms with Crippen LogP contribution in [0, 0.1) is 20.8 Å². The second kappa shape index (κ2) is 9.59. The number of hydrogen-bond acceptors (Lipinski definition) is 4. The fourth-order valence-electron chi connectivity index (χ4n) is 3.28. The maximum absolute atomic E-state index is 12.6. The summed E-state index contributed by atoms with van der Waals surface area (Å²) in [6, 6.07) is 21.5. The zero-order valence-corrected chi connectivity index (χ0v) is 19.7. The third-order valence-electron chi connectivity index (χ3n) is 5.24. The summed E-state index contributed by atoms with van der Waals surface area (Å²) >= 11 is 7.43. The van der Waals surface area contributed by atoms with Gasteiger partial charge in [0, 0.05) is 16.3 Å². The highest BCUT2D eigenvalue weighted by atomic mass is 35.5. The maximum atomic E-state index is 12.6. The van der Waals surface area contributed by atoms with Gasteiger partial charge in [-0.25, -0.2) is 0 Å². The van der Waals surface area contributed by atoms with Crippen molar-refractivity contribution in [1.29, 1.82) is 0 Å². The van der Waals surface area contributed by atoms with Crippen LogP contribution in [0.1, 0.15) is 16.7 Å². The predicted octanol–water partition coefficient (Wildman–Crippen LogP) is 6.24. The number of nitrogens with zero attached hydrogens (tertiary/aromatic N) is 3. The summed E-state index contributed by atoms with van der Waals surface area (Å²) in [7, 11) is 0. The summed E-state index contributed by atoms with van der Waals surface area (Å²) in [6.07, 6.45) is 0. The lowest BCUT2D eigenvalue weighted by Gasteiger charge is -2.12. The molecule has 162 valence electrons. The molecule has 5 nitrogen and oxygen atoms in total. The molecule has 0 bridgehead atoms. The molecule has 0 unspecified atom stereocenters. The van der Waals surface area contributed by atoms with E-state index in [9.17, 15) is 4.79 Å². The molecule has 3 aromatic carbocycles. The van der Waals surface area contributed by atoms with Crippen LogP contribution in [0.3, 0.4) is 0 Å². The second-order valence-electron chi connectivity index (χ2n) is 7.57. The minimum Gasteiger partial charge on any atom is -0.325 e. The van der Waals surface area contributed by atoms with Crippen molar-refractivity contribution in [1.82, 2.24) is 14.8 Å². The lowest BCUT2D eigenvalue weighted by Crippen LogP contribution is -2.15. The molecule has 0 aliphatic carbocycles. The Morgan fingerprint density at radius 2 is 1.69 bits per heavy atom. The number of carbonyl (C=O) groups is 1. The molecule has 4 rings (SSSR count). The van der Waals surface area contributed by atoms with Crippen LogP contribution < -0.4 is 5.32 Å². The topological polar surface area (TPSA) is 59.8 Å². The highest BCUT2D eigenvalue weighted by Crippen LogP contribution is 2.29. The molecular formula is C25H23ClN4OS. The van der Waals surface area contributed by atoms with Crippen LogP contribution in [0.5, 0.6) is 0 Å². The minimum atomic E-state index is -0.0908. The van der Waals surface area contributed by atoms with Crippen molar-refractivity contribution in [3.05, 3.63) is 88.4 Å². The van der Waals surface area contributed by atoms with E-state index in [2.05, 4.69) is 41.5 Å². The molecule has 0 spiro atoms. The van der Waals surface area contributed by atoms with E-state index >= 15 is 0 Å². The van der Waals surface area contributed by atoms with Crippen molar-refractivity contribution in [2.24, 2.45) is 0 Å². The Hall–Kier alpha value is -3.09. The monoisotopic (exact) mass is 462 g/mol. The molecule has 32 heavy (non-hydrogen) atoms. The Morgan fingerprint density at radius 3 is 2.41 bits per heavy atom. The summed E-state index contributed by atoms with van der Waals surface area (Å²) in [5, 5.41) is 13.1. The molecule has 1 heterocycles. The van der Waals surface area contributed by atoms with Gasteiger partial charge >= 0.3 is 0 Å². The number of carbonyl (C=O) groups excluding carboxylic acids is 1. The highest BCUT2D eigenvalue weighted by molar-refractivity contribution is 7.99. The molecule has 0 saturated heterocycles. The van der Waals surface area contributed by atoms with Gasteiger partial charge in [-0.15, -0.1) is 10.2 Å². The van der Waals surface area contributed by atoms with E-state index < -0.39 is 0 Å².